The summed E-state index contributed by atoms with van der Waals surface area (Å²) in [4.78, 5) is 12.1. The van der Waals surface area contributed by atoms with E-state index in [-0.39, 0.29) is 0 Å². The molecule has 1 rings (SSSR count). The Morgan fingerprint density at radius 1 is 1.19 bits per heavy atom. The van der Waals surface area contributed by atoms with Crippen LogP contribution >= 0.6 is 0 Å². The van der Waals surface area contributed by atoms with Crippen molar-refractivity contribution in [1.29, 1.82) is 0 Å². The maximum Gasteiger partial charge on any atom is 0.225 e. The molecule has 16 heavy (non-hydrogen) atoms. The SMILES string of the molecule is CC(C)N(CCN(C)C)c1ncc(F)cn1. The molecule has 0 fully saturated rings. The first-order valence-electron chi connectivity index (χ1n) is 5.39. The maximum absolute atomic E-state index is 12.7. The van der Waals surface area contributed by atoms with Gasteiger partial charge in [-0.2, -0.15) is 0 Å². The minimum Gasteiger partial charge on any atom is -0.337 e. The summed E-state index contributed by atoms with van der Waals surface area (Å²) in [6.45, 7) is 5.89. The topological polar surface area (TPSA) is 32.3 Å². The van der Waals surface area contributed by atoms with Crippen LogP contribution in [0, 0.1) is 5.82 Å². The normalized spacial score (nSPS) is 11.2. The molecular weight excluding hydrogens is 207 g/mol. The molecule has 0 spiro atoms. The van der Waals surface area contributed by atoms with E-state index in [1.54, 1.807) is 0 Å². The smallest absolute Gasteiger partial charge is 0.225 e. The van der Waals surface area contributed by atoms with Gasteiger partial charge < -0.3 is 9.80 Å². The zero-order chi connectivity index (χ0) is 12.1. The van der Waals surface area contributed by atoms with Gasteiger partial charge in [0.05, 0.1) is 12.4 Å². The molecule has 0 bridgehead atoms. The predicted molar refractivity (Wildman–Crippen MR) is 63.0 cm³/mol. The quantitative estimate of drug-likeness (QED) is 0.759. The lowest BCUT2D eigenvalue weighted by Gasteiger charge is -2.27. The average Bonchev–Trinajstić information content (AvgIpc) is 2.20. The molecule has 1 aromatic heterocycles. The Morgan fingerprint density at radius 3 is 2.19 bits per heavy atom. The van der Waals surface area contributed by atoms with Crippen LogP contribution < -0.4 is 4.90 Å². The van der Waals surface area contributed by atoms with Crippen molar-refractivity contribution >= 4 is 5.95 Å². The summed E-state index contributed by atoms with van der Waals surface area (Å²) in [5.41, 5.74) is 0. The van der Waals surface area contributed by atoms with E-state index >= 15 is 0 Å². The lowest BCUT2D eigenvalue weighted by Crippen LogP contribution is -2.37. The molecule has 1 aromatic rings. The fraction of sp³-hybridized carbons (Fsp3) is 0.636. The van der Waals surface area contributed by atoms with Crippen molar-refractivity contribution in [3.8, 4) is 0 Å². The third-order valence-corrected chi connectivity index (χ3v) is 2.28. The van der Waals surface area contributed by atoms with E-state index in [0.29, 0.717) is 12.0 Å². The molecule has 0 N–H and O–H groups in total. The summed E-state index contributed by atoms with van der Waals surface area (Å²) in [5, 5.41) is 0. The van der Waals surface area contributed by atoms with Gasteiger partial charge in [0, 0.05) is 19.1 Å². The highest BCUT2D eigenvalue weighted by molar-refractivity contribution is 5.29. The first kappa shape index (κ1) is 12.8. The van der Waals surface area contributed by atoms with Gasteiger partial charge in [-0.3, -0.25) is 0 Å². The van der Waals surface area contributed by atoms with E-state index < -0.39 is 5.82 Å². The molecule has 0 saturated carbocycles. The van der Waals surface area contributed by atoms with Crippen LogP contribution in [0.4, 0.5) is 10.3 Å². The monoisotopic (exact) mass is 226 g/mol. The lowest BCUT2D eigenvalue weighted by molar-refractivity contribution is 0.406. The van der Waals surface area contributed by atoms with Crippen LogP contribution in [0.2, 0.25) is 0 Å². The van der Waals surface area contributed by atoms with Gasteiger partial charge in [0.2, 0.25) is 5.95 Å². The van der Waals surface area contributed by atoms with Crippen LogP contribution in [0.15, 0.2) is 12.4 Å². The van der Waals surface area contributed by atoms with Crippen molar-refractivity contribution in [2.75, 3.05) is 32.1 Å². The summed E-state index contributed by atoms with van der Waals surface area (Å²) < 4.78 is 12.7. The first-order chi connectivity index (χ1) is 7.50. The molecule has 0 atom stereocenters. The summed E-state index contributed by atoms with van der Waals surface area (Å²) in [7, 11) is 4.04. The van der Waals surface area contributed by atoms with E-state index in [1.807, 2.05) is 14.1 Å². The third kappa shape index (κ3) is 3.73. The van der Waals surface area contributed by atoms with Crippen LogP contribution in [0.25, 0.3) is 0 Å². The number of nitrogens with zero attached hydrogens (tertiary/aromatic N) is 4. The first-order valence-corrected chi connectivity index (χ1v) is 5.39. The highest BCUT2D eigenvalue weighted by Gasteiger charge is 2.13. The summed E-state index contributed by atoms with van der Waals surface area (Å²) in [6.07, 6.45) is 2.40. The molecule has 0 aliphatic carbocycles. The number of hydrogen-bond acceptors (Lipinski definition) is 4. The second-order valence-electron chi connectivity index (χ2n) is 4.29. The average molecular weight is 226 g/mol. The van der Waals surface area contributed by atoms with Crippen molar-refractivity contribution in [3.05, 3.63) is 18.2 Å². The molecule has 0 radical (unpaired) electrons. The lowest BCUT2D eigenvalue weighted by atomic mass is 10.3. The van der Waals surface area contributed by atoms with Crippen molar-refractivity contribution < 1.29 is 4.39 Å². The molecule has 0 amide bonds. The van der Waals surface area contributed by atoms with Gasteiger partial charge in [0.1, 0.15) is 0 Å². The Labute approximate surface area is 96.1 Å². The molecule has 0 aliphatic rings. The van der Waals surface area contributed by atoms with Crippen molar-refractivity contribution in [3.63, 3.8) is 0 Å². The van der Waals surface area contributed by atoms with Crippen molar-refractivity contribution in [2.24, 2.45) is 0 Å². The number of likely N-dealkylation sites (N-methyl/N-ethyl adjacent to an activating group) is 1. The number of aromatic nitrogens is 2. The Balaban J connectivity index is 2.73. The van der Waals surface area contributed by atoms with Crippen molar-refractivity contribution in [2.45, 2.75) is 19.9 Å². The minimum absolute atomic E-state index is 0.297. The maximum atomic E-state index is 12.7. The molecule has 0 aliphatic heterocycles. The zero-order valence-corrected chi connectivity index (χ0v) is 10.3. The Hall–Kier alpha value is -1.23. The largest absolute Gasteiger partial charge is 0.337 e. The molecule has 0 aromatic carbocycles. The Kier molecular flexibility index (Phi) is 4.61. The van der Waals surface area contributed by atoms with Gasteiger partial charge >= 0.3 is 0 Å². The fourth-order valence-corrected chi connectivity index (χ4v) is 1.35. The van der Waals surface area contributed by atoms with Gasteiger partial charge in [-0.1, -0.05) is 0 Å². The summed E-state index contributed by atoms with van der Waals surface area (Å²) in [5.74, 6) is 0.179. The van der Waals surface area contributed by atoms with E-state index in [1.165, 1.54) is 12.4 Å². The predicted octanol–water partition coefficient (Wildman–Crippen LogP) is 1.39. The standard InChI is InChI=1S/C11H19FN4/c1-9(2)16(6-5-15(3)4)11-13-7-10(12)8-14-11/h7-9H,5-6H2,1-4H3. The zero-order valence-electron chi connectivity index (χ0n) is 10.3. The molecule has 90 valence electrons. The van der Waals surface area contributed by atoms with E-state index in [0.717, 1.165) is 13.1 Å². The number of halogens is 1. The second kappa shape index (κ2) is 5.75. The summed E-state index contributed by atoms with van der Waals surface area (Å²) in [6, 6.07) is 0.297. The molecular formula is C11H19FN4. The number of rotatable bonds is 5. The van der Waals surface area contributed by atoms with Gasteiger partial charge in [0.15, 0.2) is 5.82 Å². The molecule has 1 heterocycles. The van der Waals surface area contributed by atoms with Crippen LogP contribution in [0.1, 0.15) is 13.8 Å². The number of hydrogen-bond donors (Lipinski definition) is 0. The van der Waals surface area contributed by atoms with Crippen LogP contribution in [0.5, 0.6) is 0 Å². The van der Waals surface area contributed by atoms with Crippen molar-refractivity contribution in [1.82, 2.24) is 14.9 Å². The van der Waals surface area contributed by atoms with E-state index in [4.69, 9.17) is 0 Å². The van der Waals surface area contributed by atoms with Crippen LogP contribution in [-0.4, -0.2) is 48.1 Å². The third-order valence-electron chi connectivity index (χ3n) is 2.28. The van der Waals surface area contributed by atoms with E-state index in [2.05, 4.69) is 33.6 Å². The van der Waals surface area contributed by atoms with E-state index in [9.17, 15) is 4.39 Å². The minimum atomic E-state index is -0.403. The highest BCUT2D eigenvalue weighted by atomic mass is 19.1. The Bertz CT molecular complexity index is 310. The second-order valence-corrected chi connectivity index (χ2v) is 4.29. The van der Waals surface area contributed by atoms with Crippen LogP contribution in [-0.2, 0) is 0 Å². The highest BCUT2D eigenvalue weighted by Crippen LogP contribution is 2.10. The van der Waals surface area contributed by atoms with Gasteiger partial charge in [-0.15, -0.1) is 0 Å². The van der Waals surface area contributed by atoms with Gasteiger partial charge in [-0.25, -0.2) is 14.4 Å². The molecule has 0 unspecified atom stereocenters. The summed E-state index contributed by atoms with van der Waals surface area (Å²) >= 11 is 0. The van der Waals surface area contributed by atoms with Gasteiger partial charge in [-0.05, 0) is 27.9 Å². The Morgan fingerprint density at radius 2 is 1.75 bits per heavy atom. The molecule has 0 saturated heterocycles. The van der Waals surface area contributed by atoms with Crippen LogP contribution in [0.3, 0.4) is 0 Å². The number of anilines is 1. The molecule has 4 nitrogen and oxygen atoms in total. The fourth-order valence-electron chi connectivity index (χ4n) is 1.35. The molecule has 5 heteroatoms. The van der Waals surface area contributed by atoms with Gasteiger partial charge in [0.25, 0.3) is 0 Å².